The van der Waals surface area contributed by atoms with Gasteiger partial charge in [-0.25, -0.2) is 0 Å². The second-order valence-electron chi connectivity index (χ2n) is 4.30. The van der Waals surface area contributed by atoms with Crippen molar-refractivity contribution in [3.8, 4) is 0 Å². The van der Waals surface area contributed by atoms with Crippen LogP contribution < -0.4 is 10.6 Å². The largest absolute Gasteiger partial charge is 0.389 e. The zero-order valence-corrected chi connectivity index (χ0v) is 9.17. The lowest BCUT2D eigenvalue weighted by molar-refractivity contribution is -0.125. The lowest BCUT2D eigenvalue weighted by Gasteiger charge is -2.24. The second-order valence-corrected chi connectivity index (χ2v) is 4.30. The molecule has 86 valence electrons. The number of carbonyl (C=O) groups is 2. The number of nitrogens with one attached hydrogen (secondary N) is 2. The predicted molar refractivity (Wildman–Crippen MR) is 55.1 cm³/mol. The molecular weight excluding hydrogens is 196 g/mol. The summed E-state index contributed by atoms with van der Waals surface area (Å²) in [5.74, 6) is -0.556. The standard InChI is InChI=1S/C10H18N2O3/c1-3-4-10(2,15)6-11-7-5-8(13)12-9(7)14/h7,11,15H,3-6H2,1-2H3,(H,12,13,14). The van der Waals surface area contributed by atoms with Gasteiger partial charge in [-0.05, 0) is 13.3 Å². The summed E-state index contributed by atoms with van der Waals surface area (Å²) in [5, 5.41) is 15.0. The van der Waals surface area contributed by atoms with Gasteiger partial charge in [-0.15, -0.1) is 0 Å². The molecule has 0 aromatic rings. The molecule has 0 aromatic heterocycles. The Hall–Kier alpha value is -0.940. The van der Waals surface area contributed by atoms with E-state index in [1.165, 1.54) is 0 Å². The third kappa shape index (κ3) is 3.60. The molecule has 1 aliphatic heterocycles. The van der Waals surface area contributed by atoms with Gasteiger partial charge in [0.2, 0.25) is 11.8 Å². The molecular formula is C10H18N2O3. The monoisotopic (exact) mass is 214 g/mol. The van der Waals surface area contributed by atoms with Crippen LogP contribution in [0, 0.1) is 0 Å². The molecule has 1 saturated heterocycles. The Balaban J connectivity index is 2.37. The predicted octanol–water partition coefficient (Wildman–Crippen LogP) is -0.458. The van der Waals surface area contributed by atoms with E-state index in [9.17, 15) is 14.7 Å². The van der Waals surface area contributed by atoms with Crippen LogP contribution in [0.1, 0.15) is 33.1 Å². The van der Waals surface area contributed by atoms with E-state index in [-0.39, 0.29) is 18.2 Å². The molecule has 3 N–H and O–H groups in total. The Bertz CT molecular complexity index is 263. The number of rotatable bonds is 5. The van der Waals surface area contributed by atoms with Crippen LogP contribution in [0.25, 0.3) is 0 Å². The highest BCUT2D eigenvalue weighted by Gasteiger charge is 2.31. The number of amides is 2. The third-order valence-electron chi connectivity index (χ3n) is 2.49. The fourth-order valence-electron chi connectivity index (χ4n) is 1.69. The third-order valence-corrected chi connectivity index (χ3v) is 2.49. The molecule has 2 atom stereocenters. The zero-order valence-electron chi connectivity index (χ0n) is 9.17. The quantitative estimate of drug-likeness (QED) is 0.541. The number of imide groups is 1. The van der Waals surface area contributed by atoms with Crippen LogP contribution in [0.3, 0.4) is 0 Å². The highest BCUT2D eigenvalue weighted by atomic mass is 16.3. The molecule has 0 radical (unpaired) electrons. The van der Waals surface area contributed by atoms with Crippen molar-refractivity contribution in [1.82, 2.24) is 10.6 Å². The van der Waals surface area contributed by atoms with Crippen molar-refractivity contribution in [1.29, 1.82) is 0 Å². The summed E-state index contributed by atoms with van der Waals surface area (Å²) in [7, 11) is 0. The first-order valence-electron chi connectivity index (χ1n) is 5.24. The van der Waals surface area contributed by atoms with Gasteiger partial charge in [0.05, 0.1) is 18.1 Å². The van der Waals surface area contributed by atoms with E-state index in [0.29, 0.717) is 13.0 Å². The molecule has 1 heterocycles. The van der Waals surface area contributed by atoms with Crippen LogP contribution >= 0.6 is 0 Å². The van der Waals surface area contributed by atoms with Crippen LogP contribution in [-0.2, 0) is 9.59 Å². The average Bonchev–Trinajstić information content (AvgIpc) is 2.42. The Morgan fingerprint density at radius 3 is 2.73 bits per heavy atom. The van der Waals surface area contributed by atoms with Gasteiger partial charge in [0, 0.05) is 6.54 Å². The van der Waals surface area contributed by atoms with Gasteiger partial charge in [0.25, 0.3) is 0 Å². The average molecular weight is 214 g/mol. The van der Waals surface area contributed by atoms with Crippen LogP contribution in [0.4, 0.5) is 0 Å². The van der Waals surface area contributed by atoms with E-state index in [0.717, 1.165) is 6.42 Å². The van der Waals surface area contributed by atoms with Gasteiger partial charge >= 0.3 is 0 Å². The fraction of sp³-hybridized carbons (Fsp3) is 0.800. The Morgan fingerprint density at radius 1 is 1.60 bits per heavy atom. The first kappa shape index (κ1) is 12.1. The second kappa shape index (κ2) is 4.72. The number of carbonyl (C=O) groups excluding carboxylic acids is 2. The van der Waals surface area contributed by atoms with E-state index in [4.69, 9.17) is 0 Å². The summed E-state index contributed by atoms with van der Waals surface area (Å²) >= 11 is 0. The van der Waals surface area contributed by atoms with Crippen molar-refractivity contribution in [3.05, 3.63) is 0 Å². The van der Waals surface area contributed by atoms with Crippen molar-refractivity contribution in [3.63, 3.8) is 0 Å². The summed E-state index contributed by atoms with van der Waals surface area (Å²) in [4.78, 5) is 22.1. The summed E-state index contributed by atoms with van der Waals surface area (Å²) < 4.78 is 0. The van der Waals surface area contributed by atoms with Crippen molar-refractivity contribution in [2.24, 2.45) is 0 Å². The summed E-state index contributed by atoms with van der Waals surface area (Å²) in [5.41, 5.74) is -0.819. The normalized spacial score (nSPS) is 25.1. The topological polar surface area (TPSA) is 78.4 Å². The number of hydrogen-bond donors (Lipinski definition) is 3. The minimum absolute atomic E-state index is 0.168. The molecule has 1 rings (SSSR count). The van der Waals surface area contributed by atoms with E-state index in [2.05, 4.69) is 10.6 Å². The molecule has 1 fully saturated rings. The van der Waals surface area contributed by atoms with Gasteiger partial charge in [-0.3, -0.25) is 14.9 Å². The van der Waals surface area contributed by atoms with E-state index < -0.39 is 11.6 Å². The van der Waals surface area contributed by atoms with Gasteiger partial charge in [0.15, 0.2) is 0 Å². The molecule has 15 heavy (non-hydrogen) atoms. The first-order valence-corrected chi connectivity index (χ1v) is 5.24. The van der Waals surface area contributed by atoms with Crippen LogP contribution in [0.5, 0.6) is 0 Å². The number of hydrogen-bond acceptors (Lipinski definition) is 4. The Labute approximate surface area is 89.2 Å². The molecule has 0 bridgehead atoms. The maximum absolute atomic E-state index is 11.2. The molecule has 5 heteroatoms. The lowest BCUT2D eigenvalue weighted by Crippen LogP contribution is -2.45. The van der Waals surface area contributed by atoms with Crippen LogP contribution in [0.2, 0.25) is 0 Å². The fourth-order valence-corrected chi connectivity index (χ4v) is 1.69. The number of aliphatic hydroxyl groups is 1. The molecule has 2 amide bonds. The smallest absolute Gasteiger partial charge is 0.244 e. The molecule has 0 aliphatic carbocycles. The Kier molecular flexibility index (Phi) is 3.82. The Morgan fingerprint density at radius 2 is 2.27 bits per heavy atom. The van der Waals surface area contributed by atoms with Crippen molar-refractivity contribution < 1.29 is 14.7 Å². The zero-order chi connectivity index (χ0) is 11.5. The maximum atomic E-state index is 11.2. The van der Waals surface area contributed by atoms with E-state index in [1.54, 1.807) is 6.92 Å². The van der Waals surface area contributed by atoms with E-state index >= 15 is 0 Å². The molecule has 5 nitrogen and oxygen atoms in total. The summed E-state index contributed by atoms with van der Waals surface area (Å²) in [6.07, 6.45) is 1.72. The van der Waals surface area contributed by atoms with Crippen molar-refractivity contribution in [2.45, 2.75) is 44.8 Å². The molecule has 0 aromatic carbocycles. The van der Waals surface area contributed by atoms with Gasteiger partial charge in [-0.2, -0.15) is 0 Å². The van der Waals surface area contributed by atoms with Crippen LogP contribution in [0.15, 0.2) is 0 Å². The highest BCUT2D eigenvalue weighted by Crippen LogP contribution is 2.11. The van der Waals surface area contributed by atoms with E-state index in [1.807, 2.05) is 6.92 Å². The van der Waals surface area contributed by atoms with Gasteiger partial charge in [0.1, 0.15) is 0 Å². The molecule has 2 unspecified atom stereocenters. The van der Waals surface area contributed by atoms with Crippen molar-refractivity contribution in [2.75, 3.05) is 6.54 Å². The first-order chi connectivity index (χ1) is 6.94. The van der Waals surface area contributed by atoms with Crippen molar-refractivity contribution >= 4 is 11.8 Å². The summed E-state index contributed by atoms with van der Waals surface area (Å²) in [6, 6.07) is -0.485. The molecule has 1 aliphatic rings. The summed E-state index contributed by atoms with van der Waals surface area (Å²) in [6.45, 7) is 4.03. The maximum Gasteiger partial charge on any atom is 0.244 e. The minimum atomic E-state index is -0.819. The SMILES string of the molecule is CCCC(C)(O)CNC1CC(=O)NC1=O. The lowest BCUT2D eigenvalue weighted by atomic mass is 10.0. The van der Waals surface area contributed by atoms with Gasteiger partial charge < -0.3 is 10.4 Å². The van der Waals surface area contributed by atoms with Gasteiger partial charge in [-0.1, -0.05) is 13.3 Å². The van der Waals surface area contributed by atoms with Crippen LogP contribution in [-0.4, -0.2) is 35.1 Å². The minimum Gasteiger partial charge on any atom is -0.389 e. The highest BCUT2D eigenvalue weighted by molar-refractivity contribution is 6.05. The molecule has 0 saturated carbocycles. The molecule has 0 spiro atoms.